The van der Waals surface area contributed by atoms with Gasteiger partial charge in [0.15, 0.2) is 5.78 Å². The van der Waals surface area contributed by atoms with Crippen LogP contribution in [0.25, 0.3) is 0 Å². The Kier molecular flexibility index (Phi) is 3.98. The molecule has 17 heavy (non-hydrogen) atoms. The quantitative estimate of drug-likeness (QED) is 0.477. The van der Waals surface area contributed by atoms with E-state index in [0.717, 1.165) is 12.1 Å². The molecule has 0 fully saturated rings. The van der Waals surface area contributed by atoms with Crippen LogP contribution < -0.4 is 4.74 Å². The summed E-state index contributed by atoms with van der Waals surface area (Å²) < 4.78 is 52.4. The van der Waals surface area contributed by atoms with Crippen LogP contribution in [0.2, 0.25) is 0 Å². The van der Waals surface area contributed by atoms with Crippen molar-refractivity contribution in [2.45, 2.75) is 18.7 Å². The Bertz CT molecular complexity index is 429. The number of ketones is 1. The zero-order valence-corrected chi connectivity index (χ0v) is 9.27. The molecular formula is C10H7ClF4O2. The summed E-state index contributed by atoms with van der Waals surface area (Å²) in [4.78, 5) is 11.5. The third kappa shape index (κ3) is 3.89. The van der Waals surface area contributed by atoms with Gasteiger partial charge in [-0.1, -0.05) is 0 Å². The van der Waals surface area contributed by atoms with Crippen molar-refractivity contribution < 1.29 is 27.1 Å². The molecule has 0 radical (unpaired) electrons. The Morgan fingerprint density at radius 1 is 1.41 bits per heavy atom. The fourth-order valence-corrected chi connectivity index (χ4v) is 1.24. The van der Waals surface area contributed by atoms with E-state index in [1.807, 2.05) is 0 Å². The van der Waals surface area contributed by atoms with Crippen LogP contribution in [0.4, 0.5) is 17.6 Å². The molecule has 0 saturated carbocycles. The highest BCUT2D eigenvalue weighted by atomic mass is 35.5. The predicted molar refractivity (Wildman–Crippen MR) is 52.7 cm³/mol. The second-order valence-electron chi connectivity index (χ2n) is 3.17. The number of carbonyl (C=O) groups excluding carboxylic acids is 1. The molecule has 0 bridgehead atoms. The van der Waals surface area contributed by atoms with Crippen molar-refractivity contribution in [1.82, 2.24) is 0 Å². The van der Waals surface area contributed by atoms with Crippen molar-refractivity contribution in [3.8, 4) is 5.75 Å². The molecule has 7 heteroatoms. The number of hydrogen-bond acceptors (Lipinski definition) is 2. The van der Waals surface area contributed by atoms with Crippen LogP contribution in [-0.2, 0) is 0 Å². The Labute approximate surface area is 99.1 Å². The summed E-state index contributed by atoms with van der Waals surface area (Å²) in [6, 6.07) is 2.24. The summed E-state index contributed by atoms with van der Waals surface area (Å²) in [5.74, 6) is -2.61. The number of benzene rings is 1. The third-order valence-corrected chi connectivity index (χ3v) is 1.99. The van der Waals surface area contributed by atoms with E-state index in [2.05, 4.69) is 4.74 Å². The first-order valence-electron chi connectivity index (χ1n) is 4.44. The smallest absolute Gasteiger partial charge is 0.405 e. The molecule has 2 nitrogen and oxygen atoms in total. The minimum absolute atomic E-state index is 0.411. The number of hydrogen-bond donors (Lipinski definition) is 0. The van der Waals surface area contributed by atoms with Crippen LogP contribution in [0.1, 0.15) is 17.3 Å². The number of halogens is 5. The molecule has 0 spiro atoms. The molecule has 1 aromatic carbocycles. The predicted octanol–water partition coefficient (Wildman–Crippen LogP) is 3.53. The van der Waals surface area contributed by atoms with E-state index in [1.165, 1.54) is 6.92 Å². The lowest BCUT2D eigenvalue weighted by atomic mass is 10.1. The normalized spacial score (nSPS) is 13.3. The summed E-state index contributed by atoms with van der Waals surface area (Å²) in [5.41, 5.74) is -0.411. The van der Waals surface area contributed by atoms with E-state index in [0.29, 0.717) is 6.07 Å². The van der Waals surface area contributed by atoms with Gasteiger partial charge in [0.05, 0.1) is 10.9 Å². The molecular weight excluding hydrogens is 264 g/mol. The van der Waals surface area contributed by atoms with Crippen molar-refractivity contribution in [1.29, 1.82) is 0 Å². The van der Waals surface area contributed by atoms with Gasteiger partial charge in [-0.25, -0.2) is 4.39 Å². The van der Waals surface area contributed by atoms with Crippen molar-refractivity contribution >= 4 is 17.4 Å². The summed E-state index contributed by atoms with van der Waals surface area (Å²) in [5, 5.41) is -1.03. The average Bonchev–Trinajstić information content (AvgIpc) is 2.14. The fourth-order valence-electron chi connectivity index (χ4n) is 1.12. The molecule has 1 atom stereocenters. The molecule has 0 aliphatic heterocycles. The Hall–Kier alpha value is -1.30. The SMILES string of the molecule is CC(Cl)C(=O)c1ccc(F)cc1OC(F)(F)F. The minimum atomic E-state index is -5.00. The van der Waals surface area contributed by atoms with Crippen LogP contribution in [0.15, 0.2) is 18.2 Å². The van der Waals surface area contributed by atoms with E-state index in [9.17, 15) is 22.4 Å². The van der Waals surface area contributed by atoms with Crippen LogP contribution in [-0.4, -0.2) is 17.5 Å². The summed E-state index contributed by atoms with van der Waals surface area (Å²) in [6.07, 6.45) is -5.00. The van der Waals surface area contributed by atoms with Gasteiger partial charge in [-0.3, -0.25) is 4.79 Å². The number of Topliss-reactive ketones (excluding diaryl/α,β-unsaturated/α-hetero) is 1. The fraction of sp³-hybridized carbons (Fsp3) is 0.300. The maximum atomic E-state index is 12.8. The zero-order chi connectivity index (χ0) is 13.2. The van der Waals surface area contributed by atoms with Gasteiger partial charge in [0.25, 0.3) is 0 Å². The first-order valence-corrected chi connectivity index (χ1v) is 4.88. The van der Waals surface area contributed by atoms with Gasteiger partial charge in [0.1, 0.15) is 11.6 Å². The average molecular weight is 271 g/mol. The number of rotatable bonds is 3. The van der Waals surface area contributed by atoms with Crippen molar-refractivity contribution in [3.05, 3.63) is 29.6 Å². The highest BCUT2D eigenvalue weighted by Gasteiger charge is 2.33. The standard InChI is InChI=1S/C10H7ClF4O2/c1-5(11)9(16)7-3-2-6(12)4-8(7)17-10(13,14)15/h2-5H,1H3. The van der Waals surface area contributed by atoms with Crippen LogP contribution in [0.3, 0.4) is 0 Å². The van der Waals surface area contributed by atoms with Crippen molar-refractivity contribution in [3.63, 3.8) is 0 Å². The molecule has 0 N–H and O–H groups in total. The molecule has 0 aromatic heterocycles. The Morgan fingerprint density at radius 3 is 2.47 bits per heavy atom. The summed E-state index contributed by atoms with van der Waals surface area (Å²) in [7, 11) is 0. The van der Waals surface area contributed by atoms with Crippen LogP contribution >= 0.6 is 11.6 Å². The molecule has 94 valence electrons. The number of ether oxygens (including phenoxy) is 1. The van der Waals surface area contributed by atoms with Gasteiger partial charge < -0.3 is 4.74 Å². The Balaban J connectivity index is 3.17. The second kappa shape index (κ2) is 4.91. The van der Waals surface area contributed by atoms with Gasteiger partial charge in [0, 0.05) is 6.07 Å². The van der Waals surface area contributed by atoms with E-state index >= 15 is 0 Å². The highest BCUT2D eigenvalue weighted by molar-refractivity contribution is 6.33. The topological polar surface area (TPSA) is 26.3 Å². The van der Waals surface area contributed by atoms with E-state index in [1.54, 1.807) is 0 Å². The molecule has 1 aromatic rings. The molecule has 0 amide bonds. The highest BCUT2D eigenvalue weighted by Crippen LogP contribution is 2.28. The molecule has 1 rings (SSSR count). The summed E-state index contributed by atoms with van der Waals surface area (Å²) in [6.45, 7) is 1.30. The lowest BCUT2D eigenvalue weighted by Crippen LogP contribution is -2.20. The Morgan fingerprint density at radius 2 is 2.00 bits per heavy atom. The van der Waals surface area contributed by atoms with Gasteiger partial charge in [-0.2, -0.15) is 0 Å². The largest absolute Gasteiger partial charge is 0.573 e. The lowest BCUT2D eigenvalue weighted by Gasteiger charge is -2.13. The van der Waals surface area contributed by atoms with Crippen LogP contribution in [0.5, 0.6) is 5.75 Å². The minimum Gasteiger partial charge on any atom is -0.405 e. The van der Waals surface area contributed by atoms with Gasteiger partial charge >= 0.3 is 6.36 Å². The molecule has 1 unspecified atom stereocenters. The van der Waals surface area contributed by atoms with Gasteiger partial charge in [0.2, 0.25) is 0 Å². The van der Waals surface area contributed by atoms with E-state index in [-0.39, 0.29) is 0 Å². The maximum Gasteiger partial charge on any atom is 0.573 e. The second-order valence-corrected chi connectivity index (χ2v) is 3.82. The molecule has 0 saturated heterocycles. The van der Waals surface area contributed by atoms with Crippen LogP contribution in [0, 0.1) is 5.82 Å². The summed E-state index contributed by atoms with van der Waals surface area (Å²) >= 11 is 5.47. The van der Waals surface area contributed by atoms with E-state index in [4.69, 9.17) is 11.6 Å². The molecule has 0 heterocycles. The van der Waals surface area contributed by atoms with Gasteiger partial charge in [-0.05, 0) is 19.1 Å². The maximum absolute atomic E-state index is 12.8. The van der Waals surface area contributed by atoms with Gasteiger partial charge in [-0.15, -0.1) is 24.8 Å². The molecule has 0 aliphatic rings. The number of carbonyl (C=O) groups is 1. The van der Waals surface area contributed by atoms with E-state index < -0.39 is 34.7 Å². The number of alkyl halides is 4. The monoisotopic (exact) mass is 270 g/mol. The first-order chi connectivity index (χ1) is 7.70. The lowest BCUT2D eigenvalue weighted by molar-refractivity contribution is -0.274. The first kappa shape index (κ1) is 13.8. The molecule has 0 aliphatic carbocycles. The van der Waals surface area contributed by atoms with Crippen molar-refractivity contribution in [2.24, 2.45) is 0 Å². The third-order valence-electron chi connectivity index (χ3n) is 1.80. The zero-order valence-electron chi connectivity index (χ0n) is 8.52. The van der Waals surface area contributed by atoms with Crippen molar-refractivity contribution in [2.75, 3.05) is 0 Å².